The van der Waals surface area contributed by atoms with Gasteiger partial charge in [-0.15, -0.1) is 0 Å². The topological polar surface area (TPSA) is 41.6 Å². The number of piperidine rings is 1. The van der Waals surface area contributed by atoms with Crippen LogP contribution < -0.4 is 5.32 Å². The molecule has 0 aromatic heterocycles. The summed E-state index contributed by atoms with van der Waals surface area (Å²) in [7, 11) is 5.35. The fourth-order valence-electron chi connectivity index (χ4n) is 2.15. The number of hydrogen-bond donors (Lipinski definition) is 1. The quantitative estimate of drug-likeness (QED) is 0.656. The number of ether oxygens (including phenoxy) is 1. The van der Waals surface area contributed by atoms with Crippen molar-refractivity contribution < 1.29 is 9.53 Å². The minimum atomic E-state index is -0.150. The summed E-state index contributed by atoms with van der Waals surface area (Å²) in [5.41, 5.74) is 0. The fraction of sp³-hybridized carbons (Fsp3) is 0.900. The highest BCUT2D eigenvalue weighted by atomic mass is 16.5. The lowest BCUT2D eigenvalue weighted by atomic mass is 9.91. The molecular formula is C10H20N2O2. The molecule has 1 saturated heterocycles. The molecule has 2 unspecified atom stereocenters. The molecule has 1 aliphatic heterocycles. The van der Waals surface area contributed by atoms with Crippen LogP contribution in [0.2, 0.25) is 0 Å². The Morgan fingerprint density at radius 1 is 1.64 bits per heavy atom. The van der Waals surface area contributed by atoms with Crippen molar-refractivity contribution in [2.75, 3.05) is 34.3 Å². The number of methoxy groups -OCH3 is 1. The van der Waals surface area contributed by atoms with Crippen LogP contribution in [-0.2, 0) is 9.53 Å². The monoisotopic (exact) mass is 200 g/mol. The molecular weight excluding hydrogens is 180 g/mol. The summed E-state index contributed by atoms with van der Waals surface area (Å²) in [5.74, 6) is 0.235. The highest BCUT2D eigenvalue weighted by molar-refractivity contribution is 5.76. The van der Waals surface area contributed by atoms with Gasteiger partial charge >= 0.3 is 5.97 Å². The van der Waals surface area contributed by atoms with E-state index in [4.69, 9.17) is 4.74 Å². The van der Waals surface area contributed by atoms with Gasteiger partial charge in [0, 0.05) is 6.54 Å². The van der Waals surface area contributed by atoms with Gasteiger partial charge in [-0.05, 0) is 39.4 Å². The van der Waals surface area contributed by atoms with Crippen molar-refractivity contribution >= 4 is 5.97 Å². The lowest BCUT2D eigenvalue weighted by molar-refractivity contribution is -0.145. The largest absolute Gasteiger partial charge is 0.468 e. The maximum Gasteiger partial charge on any atom is 0.323 e. The lowest BCUT2D eigenvalue weighted by Crippen LogP contribution is -2.48. The van der Waals surface area contributed by atoms with Gasteiger partial charge in [-0.1, -0.05) is 0 Å². The third-order valence-corrected chi connectivity index (χ3v) is 2.90. The molecule has 0 saturated carbocycles. The average molecular weight is 200 g/mol. The van der Waals surface area contributed by atoms with Gasteiger partial charge in [0.15, 0.2) is 0 Å². The van der Waals surface area contributed by atoms with Gasteiger partial charge in [0.2, 0.25) is 0 Å². The Kier molecular flexibility index (Phi) is 4.35. The van der Waals surface area contributed by atoms with Gasteiger partial charge < -0.3 is 15.0 Å². The number of nitrogens with zero attached hydrogens (tertiary/aromatic N) is 1. The highest BCUT2D eigenvalue weighted by Gasteiger charge is 2.30. The smallest absolute Gasteiger partial charge is 0.323 e. The number of esters is 1. The molecule has 0 amide bonds. The van der Waals surface area contributed by atoms with Crippen molar-refractivity contribution in [3.05, 3.63) is 0 Å². The number of likely N-dealkylation sites (tertiary alicyclic amines) is 1. The zero-order valence-electron chi connectivity index (χ0n) is 9.25. The molecule has 0 radical (unpaired) electrons. The van der Waals surface area contributed by atoms with Crippen LogP contribution in [0.1, 0.15) is 12.8 Å². The van der Waals surface area contributed by atoms with Gasteiger partial charge in [0.1, 0.15) is 6.04 Å². The second kappa shape index (κ2) is 5.32. The van der Waals surface area contributed by atoms with Crippen molar-refractivity contribution in [1.29, 1.82) is 0 Å². The van der Waals surface area contributed by atoms with E-state index < -0.39 is 0 Å². The summed E-state index contributed by atoms with van der Waals surface area (Å²) in [4.78, 5) is 13.7. The summed E-state index contributed by atoms with van der Waals surface area (Å²) in [6.45, 7) is 2.11. The molecule has 82 valence electrons. The Morgan fingerprint density at radius 3 is 2.86 bits per heavy atom. The van der Waals surface area contributed by atoms with Crippen molar-refractivity contribution in [1.82, 2.24) is 10.2 Å². The normalized spacial score (nSPS) is 25.8. The minimum Gasteiger partial charge on any atom is -0.468 e. The van der Waals surface area contributed by atoms with E-state index in [1.165, 1.54) is 7.11 Å². The Bertz CT molecular complexity index is 197. The SMILES string of the molecule is CNC(C(=O)OC)C1CCCN(C)C1. The molecule has 0 aromatic rings. The van der Waals surface area contributed by atoms with E-state index in [1.54, 1.807) is 0 Å². The standard InChI is InChI=1S/C10H20N2O2/c1-11-9(10(13)14-3)8-5-4-6-12(2)7-8/h8-9,11H,4-7H2,1-3H3. The first-order valence-corrected chi connectivity index (χ1v) is 5.12. The van der Waals surface area contributed by atoms with Crippen LogP contribution in [0.15, 0.2) is 0 Å². The molecule has 1 rings (SSSR count). The molecule has 1 aliphatic rings. The molecule has 4 nitrogen and oxygen atoms in total. The zero-order valence-corrected chi connectivity index (χ0v) is 9.25. The van der Waals surface area contributed by atoms with Gasteiger partial charge in [0.25, 0.3) is 0 Å². The number of nitrogens with one attached hydrogen (secondary N) is 1. The Labute approximate surface area is 85.6 Å². The maximum absolute atomic E-state index is 11.4. The molecule has 0 bridgehead atoms. The number of likely N-dealkylation sites (N-methyl/N-ethyl adjacent to an activating group) is 1. The first kappa shape index (κ1) is 11.5. The minimum absolute atomic E-state index is 0.146. The summed E-state index contributed by atoms with van der Waals surface area (Å²) < 4.78 is 4.77. The number of carbonyl (C=O) groups excluding carboxylic acids is 1. The third kappa shape index (κ3) is 2.69. The summed E-state index contributed by atoms with van der Waals surface area (Å²) in [6.07, 6.45) is 2.27. The van der Waals surface area contributed by atoms with Gasteiger partial charge in [0.05, 0.1) is 7.11 Å². The van der Waals surface area contributed by atoms with Crippen LogP contribution in [-0.4, -0.2) is 51.2 Å². The van der Waals surface area contributed by atoms with Crippen LogP contribution in [0.4, 0.5) is 0 Å². The second-order valence-corrected chi connectivity index (χ2v) is 3.95. The predicted molar refractivity (Wildman–Crippen MR) is 55.1 cm³/mol. The van der Waals surface area contributed by atoms with Crippen molar-refractivity contribution in [3.8, 4) is 0 Å². The van der Waals surface area contributed by atoms with E-state index in [0.29, 0.717) is 5.92 Å². The first-order chi connectivity index (χ1) is 6.69. The van der Waals surface area contributed by atoms with E-state index in [0.717, 1.165) is 25.9 Å². The molecule has 4 heteroatoms. The molecule has 1 N–H and O–H groups in total. The van der Waals surface area contributed by atoms with Crippen molar-refractivity contribution in [3.63, 3.8) is 0 Å². The lowest BCUT2D eigenvalue weighted by Gasteiger charge is -2.33. The van der Waals surface area contributed by atoms with Crippen molar-refractivity contribution in [2.24, 2.45) is 5.92 Å². The van der Waals surface area contributed by atoms with Crippen molar-refractivity contribution in [2.45, 2.75) is 18.9 Å². The number of hydrogen-bond acceptors (Lipinski definition) is 4. The van der Waals surface area contributed by atoms with E-state index >= 15 is 0 Å². The number of rotatable bonds is 3. The predicted octanol–water partition coefficient (Wildman–Crippen LogP) is 0.0892. The first-order valence-electron chi connectivity index (χ1n) is 5.12. The molecule has 0 spiro atoms. The van der Waals surface area contributed by atoms with E-state index in [-0.39, 0.29) is 12.0 Å². The van der Waals surface area contributed by atoms with E-state index in [2.05, 4.69) is 17.3 Å². The maximum atomic E-state index is 11.4. The van der Waals surface area contributed by atoms with Gasteiger partial charge in [-0.25, -0.2) is 0 Å². The molecule has 0 aliphatic carbocycles. The summed E-state index contributed by atoms with van der Waals surface area (Å²) in [6, 6.07) is -0.150. The molecule has 1 heterocycles. The van der Waals surface area contributed by atoms with Gasteiger partial charge in [-0.3, -0.25) is 4.79 Å². The van der Waals surface area contributed by atoms with Crippen LogP contribution >= 0.6 is 0 Å². The fourth-order valence-corrected chi connectivity index (χ4v) is 2.15. The van der Waals surface area contributed by atoms with Gasteiger partial charge in [-0.2, -0.15) is 0 Å². The van der Waals surface area contributed by atoms with Crippen LogP contribution in [0.5, 0.6) is 0 Å². The number of carbonyl (C=O) groups is 1. The van der Waals surface area contributed by atoms with Crippen LogP contribution in [0.3, 0.4) is 0 Å². The summed E-state index contributed by atoms with van der Waals surface area (Å²) >= 11 is 0. The Balaban J connectivity index is 2.54. The third-order valence-electron chi connectivity index (χ3n) is 2.90. The average Bonchev–Trinajstić information content (AvgIpc) is 2.19. The molecule has 1 fully saturated rings. The Morgan fingerprint density at radius 2 is 2.36 bits per heavy atom. The summed E-state index contributed by atoms with van der Waals surface area (Å²) in [5, 5.41) is 3.04. The van der Waals surface area contributed by atoms with E-state index in [1.807, 2.05) is 7.05 Å². The second-order valence-electron chi connectivity index (χ2n) is 3.95. The van der Waals surface area contributed by atoms with E-state index in [9.17, 15) is 4.79 Å². The Hall–Kier alpha value is -0.610. The van der Waals surface area contributed by atoms with Crippen LogP contribution in [0.25, 0.3) is 0 Å². The molecule has 14 heavy (non-hydrogen) atoms. The van der Waals surface area contributed by atoms with Crippen LogP contribution in [0, 0.1) is 5.92 Å². The molecule has 2 atom stereocenters. The highest BCUT2D eigenvalue weighted by Crippen LogP contribution is 2.19. The zero-order chi connectivity index (χ0) is 10.6. The molecule has 0 aromatic carbocycles.